The van der Waals surface area contributed by atoms with Gasteiger partial charge in [0.2, 0.25) is 0 Å². The quantitative estimate of drug-likeness (QED) is 0.469. The molecule has 0 aliphatic rings. The molecule has 9 heavy (non-hydrogen) atoms. The van der Waals surface area contributed by atoms with Gasteiger partial charge in [-0.25, -0.2) is 0 Å². The van der Waals surface area contributed by atoms with Gasteiger partial charge in [0.1, 0.15) is 5.38 Å². The number of nitrogens with zero attached hydrogens (tertiary/aromatic N) is 1. The van der Waals surface area contributed by atoms with E-state index in [9.17, 15) is 0 Å². The third-order valence-corrected chi connectivity index (χ3v) is 1.96. The minimum absolute atomic E-state index is 0.280. The highest BCUT2D eigenvalue weighted by Crippen LogP contribution is 2.06. The molecule has 0 saturated carbocycles. The largest absolute Gasteiger partial charge is 0.197 e. The first kappa shape index (κ1) is 9.13. The fourth-order valence-electron chi connectivity index (χ4n) is 0.471. The summed E-state index contributed by atoms with van der Waals surface area (Å²) in [4.78, 5) is 0. The number of alkyl halides is 1. The van der Waals surface area contributed by atoms with Crippen molar-refractivity contribution in [3.8, 4) is 6.07 Å². The van der Waals surface area contributed by atoms with Gasteiger partial charge in [0.05, 0.1) is 6.07 Å². The summed E-state index contributed by atoms with van der Waals surface area (Å²) in [7, 11) is 0. The van der Waals surface area contributed by atoms with Gasteiger partial charge in [-0.1, -0.05) is 0 Å². The van der Waals surface area contributed by atoms with Crippen LogP contribution in [-0.2, 0) is 0 Å². The Morgan fingerprint density at radius 2 is 2.44 bits per heavy atom. The lowest BCUT2D eigenvalue weighted by atomic mass is 10.3. The Balaban J connectivity index is 2.99. The zero-order valence-electron chi connectivity index (χ0n) is 5.43. The van der Waals surface area contributed by atoms with Crippen LogP contribution in [0.3, 0.4) is 0 Å². The molecule has 0 aromatic carbocycles. The average molecular weight is 164 g/mol. The summed E-state index contributed by atoms with van der Waals surface area (Å²) in [6.07, 6.45) is 3.91. The summed E-state index contributed by atoms with van der Waals surface area (Å²) in [5.41, 5.74) is 0. The van der Waals surface area contributed by atoms with Crippen LogP contribution in [0.5, 0.6) is 0 Å². The molecule has 0 rings (SSSR count). The summed E-state index contributed by atoms with van der Waals surface area (Å²) in [5.74, 6) is 1.10. The van der Waals surface area contributed by atoms with Gasteiger partial charge in [-0.2, -0.15) is 17.0 Å². The Morgan fingerprint density at radius 1 is 1.78 bits per heavy atom. The first-order valence-electron chi connectivity index (χ1n) is 2.84. The second-order valence-corrected chi connectivity index (χ2v) is 3.24. The molecule has 0 saturated heterocycles. The van der Waals surface area contributed by atoms with Crippen LogP contribution in [0.2, 0.25) is 0 Å². The van der Waals surface area contributed by atoms with Crippen LogP contribution in [0.1, 0.15) is 12.8 Å². The molecule has 52 valence electrons. The van der Waals surface area contributed by atoms with Gasteiger partial charge in [0, 0.05) is 0 Å². The van der Waals surface area contributed by atoms with E-state index >= 15 is 0 Å². The van der Waals surface area contributed by atoms with E-state index in [-0.39, 0.29) is 5.38 Å². The van der Waals surface area contributed by atoms with Crippen LogP contribution in [0, 0.1) is 11.3 Å². The molecule has 0 fully saturated rings. The first-order valence-corrected chi connectivity index (χ1v) is 4.67. The number of hydrogen-bond acceptors (Lipinski definition) is 2. The average Bonchev–Trinajstić information content (AvgIpc) is 1.89. The summed E-state index contributed by atoms with van der Waals surface area (Å²) < 4.78 is 0. The predicted octanol–water partition coefficient (Wildman–Crippen LogP) is 2.26. The van der Waals surface area contributed by atoms with Crippen molar-refractivity contribution in [1.29, 1.82) is 5.26 Å². The maximum atomic E-state index is 8.25. The Bertz CT molecular complexity index is 99.7. The third kappa shape index (κ3) is 6.01. The minimum atomic E-state index is -0.280. The monoisotopic (exact) mass is 163 g/mol. The molecule has 1 nitrogen and oxygen atoms in total. The lowest BCUT2D eigenvalue weighted by molar-refractivity contribution is 0.837. The van der Waals surface area contributed by atoms with Gasteiger partial charge in [-0.15, -0.1) is 11.6 Å². The van der Waals surface area contributed by atoms with E-state index in [4.69, 9.17) is 16.9 Å². The van der Waals surface area contributed by atoms with E-state index in [1.807, 2.05) is 6.07 Å². The smallest absolute Gasteiger partial charge is 0.120 e. The fraction of sp³-hybridized carbons (Fsp3) is 0.833. The highest BCUT2D eigenvalue weighted by atomic mass is 35.5. The van der Waals surface area contributed by atoms with Crippen molar-refractivity contribution < 1.29 is 0 Å². The van der Waals surface area contributed by atoms with Crippen LogP contribution < -0.4 is 0 Å². The highest BCUT2D eigenvalue weighted by molar-refractivity contribution is 7.98. The normalized spacial score (nSPS) is 12.6. The van der Waals surface area contributed by atoms with Crippen molar-refractivity contribution in [2.24, 2.45) is 0 Å². The first-order chi connectivity index (χ1) is 4.31. The Kier molecular flexibility index (Phi) is 6.34. The van der Waals surface area contributed by atoms with Crippen molar-refractivity contribution in [3.05, 3.63) is 0 Å². The van der Waals surface area contributed by atoms with E-state index in [0.717, 1.165) is 18.6 Å². The molecule has 0 amide bonds. The van der Waals surface area contributed by atoms with Crippen LogP contribution in [0.15, 0.2) is 0 Å². The number of halogens is 1. The molecule has 0 aromatic rings. The van der Waals surface area contributed by atoms with Crippen molar-refractivity contribution in [1.82, 2.24) is 0 Å². The summed E-state index contributed by atoms with van der Waals surface area (Å²) in [6.45, 7) is 0. The van der Waals surface area contributed by atoms with Gasteiger partial charge in [0.25, 0.3) is 0 Å². The van der Waals surface area contributed by atoms with Crippen molar-refractivity contribution in [3.63, 3.8) is 0 Å². The Hall–Kier alpha value is 0.130. The van der Waals surface area contributed by atoms with E-state index in [2.05, 4.69) is 6.26 Å². The lowest BCUT2D eigenvalue weighted by Crippen LogP contribution is -1.93. The molecule has 0 radical (unpaired) electrons. The standard InChI is InChI=1S/C6H10ClNS/c1-9-4-2-3-6(7)5-8/h6H,2-4H2,1H3. The van der Waals surface area contributed by atoms with E-state index in [0.29, 0.717) is 0 Å². The summed E-state index contributed by atoms with van der Waals surface area (Å²) in [6, 6.07) is 1.98. The van der Waals surface area contributed by atoms with E-state index in [1.54, 1.807) is 11.8 Å². The zero-order chi connectivity index (χ0) is 7.11. The molecule has 0 N–H and O–H groups in total. The maximum Gasteiger partial charge on any atom is 0.120 e. The second-order valence-electron chi connectivity index (χ2n) is 1.73. The van der Waals surface area contributed by atoms with Gasteiger partial charge in [-0.05, 0) is 24.9 Å². The molecule has 0 aliphatic carbocycles. The summed E-state index contributed by atoms with van der Waals surface area (Å²) in [5, 5.41) is 7.96. The van der Waals surface area contributed by atoms with Crippen LogP contribution in [0.4, 0.5) is 0 Å². The van der Waals surface area contributed by atoms with Crippen LogP contribution in [-0.4, -0.2) is 17.4 Å². The van der Waals surface area contributed by atoms with Gasteiger partial charge >= 0.3 is 0 Å². The predicted molar refractivity (Wildman–Crippen MR) is 42.9 cm³/mol. The van der Waals surface area contributed by atoms with Gasteiger partial charge < -0.3 is 0 Å². The molecule has 0 bridgehead atoms. The van der Waals surface area contributed by atoms with Crippen LogP contribution >= 0.6 is 23.4 Å². The topological polar surface area (TPSA) is 23.8 Å². The number of nitriles is 1. The maximum absolute atomic E-state index is 8.25. The van der Waals surface area contributed by atoms with E-state index < -0.39 is 0 Å². The zero-order valence-corrected chi connectivity index (χ0v) is 7.00. The third-order valence-electron chi connectivity index (χ3n) is 0.946. The lowest BCUT2D eigenvalue weighted by Gasteiger charge is -1.96. The molecule has 0 spiro atoms. The molecule has 1 unspecified atom stereocenters. The highest BCUT2D eigenvalue weighted by Gasteiger charge is 1.99. The van der Waals surface area contributed by atoms with Crippen LogP contribution in [0.25, 0.3) is 0 Å². The van der Waals surface area contributed by atoms with Crippen molar-refractivity contribution >= 4 is 23.4 Å². The van der Waals surface area contributed by atoms with Gasteiger partial charge in [0.15, 0.2) is 0 Å². The van der Waals surface area contributed by atoms with Gasteiger partial charge in [-0.3, -0.25) is 0 Å². The van der Waals surface area contributed by atoms with Crippen molar-refractivity contribution in [2.45, 2.75) is 18.2 Å². The van der Waals surface area contributed by atoms with Crippen molar-refractivity contribution in [2.75, 3.05) is 12.0 Å². The Morgan fingerprint density at radius 3 is 2.89 bits per heavy atom. The molecule has 0 heterocycles. The molecule has 3 heteroatoms. The minimum Gasteiger partial charge on any atom is -0.197 e. The molecular weight excluding hydrogens is 154 g/mol. The second kappa shape index (κ2) is 6.25. The summed E-state index contributed by atoms with van der Waals surface area (Å²) >= 11 is 7.32. The SMILES string of the molecule is CSCCCC(Cl)C#N. The molecular formula is C6H10ClNS. The molecule has 1 atom stereocenters. The van der Waals surface area contributed by atoms with E-state index in [1.165, 1.54) is 0 Å². The fourth-order valence-corrected chi connectivity index (χ4v) is 1.08. The number of rotatable bonds is 4. The molecule has 0 aromatic heterocycles. The molecule has 0 aliphatic heterocycles. The Labute approximate surface area is 65.4 Å². The number of thioether (sulfide) groups is 1. The number of hydrogen-bond donors (Lipinski definition) is 0.